The molecule has 1 fully saturated rings. The van der Waals surface area contributed by atoms with E-state index in [0.29, 0.717) is 12.1 Å². The van der Waals surface area contributed by atoms with Crippen LogP contribution in [0.25, 0.3) is 0 Å². The molecule has 2 atom stereocenters. The number of benzene rings is 1. The Morgan fingerprint density at radius 3 is 2.67 bits per heavy atom. The number of halogens is 1. The zero-order valence-electron chi connectivity index (χ0n) is 7.05. The Kier molecular flexibility index (Phi) is 2.20. The fraction of sp³-hybridized carbons (Fsp3) is 0.400. The molecule has 0 spiro atoms. The van der Waals surface area contributed by atoms with Gasteiger partial charge in [0, 0.05) is 16.6 Å². The highest BCUT2D eigenvalue weighted by Gasteiger charge is 2.26. The Labute approximate surface area is 81.3 Å². The van der Waals surface area contributed by atoms with Crippen LogP contribution in [0.1, 0.15) is 24.9 Å². The molecule has 1 aliphatic heterocycles. The van der Waals surface area contributed by atoms with Crippen LogP contribution in [0.4, 0.5) is 0 Å². The zero-order valence-corrected chi connectivity index (χ0v) is 8.64. The molecule has 12 heavy (non-hydrogen) atoms. The van der Waals surface area contributed by atoms with Crippen LogP contribution in [0.15, 0.2) is 28.7 Å². The smallest absolute Gasteiger partial charge is 0.0348 e. The highest BCUT2D eigenvalue weighted by molar-refractivity contribution is 9.10. The largest absolute Gasteiger partial charge is 0.307 e. The lowest BCUT2D eigenvalue weighted by molar-refractivity contribution is 0.287. The summed E-state index contributed by atoms with van der Waals surface area (Å²) < 4.78 is 1.22. The molecule has 64 valence electrons. The van der Waals surface area contributed by atoms with E-state index in [-0.39, 0.29) is 0 Å². The molecule has 1 nitrogen and oxygen atoms in total. The van der Waals surface area contributed by atoms with E-state index in [9.17, 15) is 0 Å². The van der Waals surface area contributed by atoms with Gasteiger partial charge in [-0.1, -0.05) is 34.1 Å². The number of hydrogen-bond acceptors (Lipinski definition) is 1. The second kappa shape index (κ2) is 3.19. The maximum atomic E-state index is 3.55. The minimum Gasteiger partial charge on any atom is -0.307 e. The molecule has 1 heterocycles. The maximum Gasteiger partial charge on any atom is 0.0348 e. The molecule has 2 heteroatoms. The molecule has 0 radical (unpaired) electrons. The van der Waals surface area contributed by atoms with Crippen molar-refractivity contribution in [1.29, 1.82) is 0 Å². The summed E-state index contributed by atoms with van der Waals surface area (Å²) in [7, 11) is 0. The van der Waals surface area contributed by atoms with Gasteiger partial charge in [-0.05, 0) is 25.0 Å². The van der Waals surface area contributed by atoms with Gasteiger partial charge in [0.1, 0.15) is 0 Å². The molecule has 0 bridgehead atoms. The summed E-state index contributed by atoms with van der Waals surface area (Å²) in [4.78, 5) is 0. The van der Waals surface area contributed by atoms with Crippen LogP contribution in [-0.4, -0.2) is 6.04 Å². The van der Waals surface area contributed by atoms with Crippen molar-refractivity contribution in [2.75, 3.05) is 0 Å². The van der Waals surface area contributed by atoms with Crippen molar-refractivity contribution in [2.24, 2.45) is 0 Å². The van der Waals surface area contributed by atoms with Gasteiger partial charge in [0.15, 0.2) is 0 Å². The summed E-state index contributed by atoms with van der Waals surface area (Å²) in [6.07, 6.45) is 1.25. The molecule has 0 saturated carbocycles. The SMILES string of the molecule is CC1CC(c2ccccc2Br)N1. The van der Waals surface area contributed by atoms with Gasteiger partial charge >= 0.3 is 0 Å². The monoisotopic (exact) mass is 225 g/mol. The van der Waals surface area contributed by atoms with Gasteiger partial charge in [0.05, 0.1) is 0 Å². The molecule has 1 saturated heterocycles. The van der Waals surface area contributed by atoms with Gasteiger partial charge in [-0.15, -0.1) is 0 Å². The first kappa shape index (κ1) is 8.27. The van der Waals surface area contributed by atoms with Crippen molar-refractivity contribution in [3.8, 4) is 0 Å². The first-order valence-electron chi connectivity index (χ1n) is 4.28. The molecule has 0 aliphatic carbocycles. The molecule has 1 aliphatic rings. The molecule has 2 unspecified atom stereocenters. The minimum atomic E-state index is 0.565. The first-order chi connectivity index (χ1) is 5.77. The van der Waals surface area contributed by atoms with E-state index in [1.54, 1.807) is 0 Å². The summed E-state index contributed by atoms with van der Waals surface area (Å²) in [6, 6.07) is 9.66. The van der Waals surface area contributed by atoms with Crippen molar-refractivity contribution in [3.05, 3.63) is 34.3 Å². The maximum absolute atomic E-state index is 3.55. The van der Waals surface area contributed by atoms with Crippen molar-refractivity contribution >= 4 is 15.9 Å². The quantitative estimate of drug-likeness (QED) is 0.776. The average Bonchev–Trinajstić information content (AvgIpc) is 2.01. The highest BCUT2D eigenvalue weighted by Crippen LogP contribution is 2.31. The Bertz CT molecular complexity index is 279. The molecule has 1 aromatic rings. The summed E-state index contributed by atoms with van der Waals surface area (Å²) in [6.45, 7) is 2.22. The van der Waals surface area contributed by atoms with Crippen LogP contribution < -0.4 is 5.32 Å². The Morgan fingerprint density at radius 1 is 1.42 bits per heavy atom. The first-order valence-corrected chi connectivity index (χ1v) is 5.07. The van der Waals surface area contributed by atoms with E-state index in [4.69, 9.17) is 0 Å². The molecule has 2 rings (SSSR count). The molecule has 1 aromatic carbocycles. The van der Waals surface area contributed by atoms with E-state index in [2.05, 4.69) is 52.4 Å². The predicted octanol–water partition coefficient (Wildman–Crippen LogP) is 2.87. The van der Waals surface area contributed by atoms with Crippen LogP contribution in [0.2, 0.25) is 0 Å². The lowest BCUT2D eigenvalue weighted by Gasteiger charge is -2.35. The number of hydrogen-bond donors (Lipinski definition) is 1. The molecule has 0 aromatic heterocycles. The topological polar surface area (TPSA) is 12.0 Å². The van der Waals surface area contributed by atoms with Crippen LogP contribution in [-0.2, 0) is 0 Å². The van der Waals surface area contributed by atoms with E-state index in [1.807, 2.05) is 0 Å². The summed E-state index contributed by atoms with van der Waals surface area (Å²) in [5.74, 6) is 0. The van der Waals surface area contributed by atoms with Gasteiger partial charge in [-0.3, -0.25) is 0 Å². The van der Waals surface area contributed by atoms with Crippen molar-refractivity contribution in [3.63, 3.8) is 0 Å². The van der Waals surface area contributed by atoms with E-state index in [0.717, 1.165) is 0 Å². The third-order valence-electron chi connectivity index (χ3n) is 2.36. The van der Waals surface area contributed by atoms with Crippen LogP contribution in [0.3, 0.4) is 0 Å². The molecule has 0 amide bonds. The summed E-state index contributed by atoms with van der Waals surface area (Å²) in [5, 5.41) is 3.47. The van der Waals surface area contributed by atoms with Crippen molar-refractivity contribution in [1.82, 2.24) is 5.32 Å². The van der Waals surface area contributed by atoms with Gasteiger partial charge in [0.25, 0.3) is 0 Å². The van der Waals surface area contributed by atoms with Gasteiger partial charge in [-0.2, -0.15) is 0 Å². The summed E-state index contributed by atoms with van der Waals surface area (Å²) >= 11 is 3.55. The van der Waals surface area contributed by atoms with Crippen molar-refractivity contribution in [2.45, 2.75) is 25.4 Å². The molecule has 1 N–H and O–H groups in total. The second-order valence-electron chi connectivity index (χ2n) is 3.38. The molecular formula is C10H12BrN. The second-order valence-corrected chi connectivity index (χ2v) is 4.23. The lowest BCUT2D eigenvalue weighted by atomic mass is 9.92. The van der Waals surface area contributed by atoms with Crippen LogP contribution >= 0.6 is 15.9 Å². The highest BCUT2D eigenvalue weighted by atomic mass is 79.9. The predicted molar refractivity (Wildman–Crippen MR) is 54.1 cm³/mol. The fourth-order valence-corrected chi connectivity index (χ4v) is 2.21. The van der Waals surface area contributed by atoms with Crippen LogP contribution in [0, 0.1) is 0 Å². The average molecular weight is 226 g/mol. The van der Waals surface area contributed by atoms with Gasteiger partial charge in [-0.25, -0.2) is 0 Å². The fourth-order valence-electron chi connectivity index (χ4n) is 1.65. The van der Waals surface area contributed by atoms with E-state index < -0.39 is 0 Å². The Balaban J connectivity index is 2.18. The number of nitrogens with one attached hydrogen (secondary N) is 1. The Hall–Kier alpha value is -0.340. The van der Waals surface area contributed by atoms with Gasteiger partial charge < -0.3 is 5.32 Å². The number of rotatable bonds is 1. The van der Waals surface area contributed by atoms with Crippen molar-refractivity contribution < 1.29 is 0 Å². The summed E-state index contributed by atoms with van der Waals surface area (Å²) in [5.41, 5.74) is 1.38. The zero-order chi connectivity index (χ0) is 8.55. The lowest BCUT2D eigenvalue weighted by Crippen LogP contribution is -2.43. The Morgan fingerprint density at radius 2 is 2.08 bits per heavy atom. The third-order valence-corrected chi connectivity index (χ3v) is 3.08. The third kappa shape index (κ3) is 1.41. The van der Waals surface area contributed by atoms with Gasteiger partial charge in [0.2, 0.25) is 0 Å². The molecular weight excluding hydrogens is 214 g/mol. The minimum absolute atomic E-state index is 0.565. The standard InChI is InChI=1S/C10H12BrN/c1-7-6-10(12-7)8-4-2-3-5-9(8)11/h2-5,7,10,12H,6H2,1H3. The normalized spacial score (nSPS) is 28.2. The van der Waals surface area contributed by atoms with E-state index in [1.165, 1.54) is 16.5 Å². The van der Waals surface area contributed by atoms with Crippen LogP contribution in [0.5, 0.6) is 0 Å². The van der Waals surface area contributed by atoms with E-state index >= 15 is 0 Å².